The molecule has 0 radical (unpaired) electrons. The van der Waals surface area contributed by atoms with Crippen LogP contribution in [0.5, 0.6) is 11.5 Å². The Hall–Kier alpha value is -2.16. The molecular formula is C19H24FN2O4S+. The fourth-order valence-electron chi connectivity index (χ4n) is 3.05. The van der Waals surface area contributed by atoms with Gasteiger partial charge in [0.25, 0.3) is 0 Å². The van der Waals surface area contributed by atoms with Crippen LogP contribution < -0.4 is 14.4 Å². The molecule has 0 aromatic heterocycles. The topological polar surface area (TPSA) is 60.3 Å². The molecule has 1 fully saturated rings. The van der Waals surface area contributed by atoms with Crippen molar-refractivity contribution in [1.82, 2.24) is 4.31 Å². The molecule has 2 aromatic rings. The van der Waals surface area contributed by atoms with E-state index in [-0.39, 0.29) is 4.90 Å². The van der Waals surface area contributed by atoms with Crippen LogP contribution in [0.4, 0.5) is 4.39 Å². The van der Waals surface area contributed by atoms with E-state index in [0.29, 0.717) is 32.8 Å². The SMILES string of the molecule is COc1ccc(OCC[NH+]2CCN(S(=O)(=O)c3cccc(F)c3)CC2)cc1. The van der Waals surface area contributed by atoms with Crippen molar-refractivity contribution in [2.75, 3.05) is 46.4 Å². The van der Waals surface area contributed by atoms with Gasteiger partial charge in [0.15, 0.2) is 0 Å². The Balaban J connectivity index is 1.47. The molecule has 1 heterocycles. The van der Waals surface area contributed by atoms with E-state index >= 15 is 0 Å². The molecule has 0 saturated carbocycles. The molecule has 8 heteroatoms. The van der Waals surface area contributed by atoms with Crippen LogP contribution in [0.25, 0.3) is 0 Å². The highest BCUT2D eigenvalue weighted by atomic mass is 32.2. The maximum Gasteiger partial charge on any atom is 0.243 e. The first-order valence-corrected chi connectivity index (χ1v) is 10.3. The van der Waals surface area contributed by atoms with Crippen LogP contribution in [-0.2, 0) is 10.0 Å². The number of benzene rings is 2. The number of rotatable bonds is 7. The van der Waals surface area contributed by atoms with E-state index in [0.717, 1.165) is 24.1 Å². The van der Waals surface area contributed by atoms with Crippen molar-refractivity contribution in [3.63, 3.8) is 0 Å². The van der Waals surface area contributed by atoms with Crippen molar-refractivity contribution in [2.45, 2.75) is 4.90 Å². The van der Waals surface area contributed by atoms with Gasteiger partial charge in [-0.05, 0) is 42.5 Å². The van der Waals surface area contributed by atoms with Gasteiger partial charge in [0.2, 0.25) is 10.0 Å². The minimum absolute atomic E-state index is 0.00814. The van der Waals surface area contributed by atoms with E-state index in [1.165, 1.54) is 27.4 Å². The first-order chi connectivity index (χ1) is 13.0. The fraction of sp³-hybridized carbons (Fsp3) is 0.368. The number of ether oxygens (including phenoxy) is 2. The van der Waals surface area contributed by atoms with E-state index in [1.54, 1.807) is 7.11 Å². The standard InChI is InChI=1S/C19H23FN2O4S/c1-25-17-5-7-18(8-6-17)26-14-13-21-9-11-22(12-10-21)27(23,24)19-4-2-3-16(20)15-19/h2-8,15H,9-14H2,1H3/p+1. The average molecular weight is 395 g/mol. The third-order valence-electron chi connectivity index (χ3n) is 4.65. The monoisotopic (exact) mass is 395 g/mol. The molecule has 1 N–H and O–H groups in total. The smallest absolute Gasteiger partial charge is 0.243 e. The van der Waals surface area contributed by atoms with E-state index in [1.807, 2.05) is 24.3 Å². The quantitative estimate of drug-likeness (QED) is 0.754. The summed E-state index contributed by atoms with van der Waals surface area (Å²) in [6, 6.07) is 12.6. The molecule has 0 atom stereocenters. The number of sulfonamides is 1. The van der Waals surface area contributed by atoms with Crippen molar-refractivity contribution < 1.29 is 27.2 Å². The first kappa shape index (κ1) is 19.6. The summed E-state index contributed by atoms with van der Waals surface area (Å²) in [4.78, 5) is 1.29. The highest BCUT2D eigenvalue weighted by Gasteiger charge is 2.30. The molecule has 0 spiro atoms. The summed E-state index contributed by atoms with van der Waals surface area (Å²) < 4.78 is 50.8. The molecule has 0 bridgehead atoms. The van der Waals surface area contributed by atoms with Crippen molar-refractivity contribution in [3.05, 3.63) is 54.3 Å². The molecule has 1 saturated heterocycles. The maximum atomic E-state index is 13.3. The van der Waals surface area contributed by atoms with Gasteiger partial charge in [-0.1, -0.05) is 6.07 Å². The Morgan fingerprint density at radius 1 is 1.07 bits per heavy atom. The minimum Gasteiger partial charge on any atom is -0.497 e. The van der Waals surface area contributed by atoms with Gasteiger partial charge in [-0.3, -0.25) is 0 Å². The van der Waals surface area contributed by atoms with Crippen molar-refractivity contribution in [3.8, 4) is 11.5 Å². The molecule has 0 aliphatic carbocycles. The second-order valence-electron chi connectivity index (χ2n) is 6.39. The van der Waals surface area contributed by atoms with Gasteiger partial charge in [0.1, 0.15) is 30.5 Å². The third kappa shape index (κ3) is 4.97. The number of hydrogen-bond acceptors (Lipinski definition) is 4. The Labute approximate surface area is 159 Å². The predicted octanol–water partition coefficient (Wildman–Crippen LogP) is 0.803. The van der Waals surface area contributed by atoms with Crippen molar-refractivity contribution in [1.29, 1.82) is 0 Å². The van der Waals surface area contributed by atoms with Gasteiger partial charge < -0.3 is 14.4 Å². The average Bonchev–Trinajstić information content (AvgIpc) is 2.69. The number of methoxy groups -OCH3 is 1. The normalized spacial score (nSPS) is 16.2. The summed E-state index contributed by atoms with van der Waals surface area (Å²) >= 11 is 0. The lowest BCUT2D eigenvalue weighted by molar-refractivity contribution is -0.903. The fourth-order valence-corrected chi connectivity index (χ4v) is 4.53. The molecular weight excluding hydrogens is 371 g/mol. The highest BCUT2D eigenvalue weighted by Crippen LogP contribution is 2.17. The number of nitrogens with zero attached hydrogens (tertiary/aromatic N) is 1. The van der Waals surface area contributed by atoms with Crippen molar-refractivity contribution in [2.24, 2.45) is 0 Å². The molecule has 1 aliphatic rings. The van der Waals surface area contributed by atoms with E-state index in [4.69, 9.17) is 9.47 Å². The van der Waals surface area contributed by atoms with Crippen LogP contribution in [0.2, 0.25) is 0 Å². The Kier molecular flexibility index (Phi) is 6.30. The van der Waals surface area contributed by atoms with E-state index in [2.05, 4.69) is 0 Å². The van der Waals surface area contributed by atoms with Gasteiger partial charge in [-0.25, -0.2) is 12.8 Å². The van der Waals surface area contributed by atoms with E-state index in [9.17, 15) is 12.8 Å². The Bertz CT molecular complexity index is 850. The molecule has 2 aromatic carbocycles. The van der Waals surface area contributed by atoms with Crippen LogP contribution in [-0.4, -0.2) is 59.2 Å². The number of quaternary nitrogens is 1. The van der Waals surface area contributed by atoms with Crippen LogP contribution in [0.3, 0.4) is 0 Å². The zero-order valence-corrected chi connectivity index (χ0v) is 16.0. The van der Waals surface area contributed by atoms with E-state index < -0.39 is 15.8 Å². The van der Waals surface area contributed by atoms with Gasteiger partial charge in [-0.2, -0.15) is 4.31 Å². The van der Waals surface area contributed by atoms with Crippen LogP contribution in [0.15, 0.2) is 53.4 Å². The minimum atomic E-state index is -3.64. The second-order valence-corrected chi connectivity index (χ2v) is 8.32. The van der Waals surface area contributed by atoms with Crippen LogP contribution >= 0.6 is 0 Å². The van der Waals surface area contributed by atoms with Crippen LogP contribution in [0, 0.1) is 5.82 Å². The molecule has 27 heavy (non-hydrogen) atoms. The Morgan fingerprint density at radius 3 is 2.37 bits per heavy atom. The summed E-state index contributed by atoms with van der Waals surface area (Å²) in [5, 5.41) is 0. The molecule has 146 valence electrons. The van der Waals surface area contributed by atoms with Gasteiger partial charge in [-0.15, -0.1) is 0 Å². The molecule has 0 unspecified atom stereocenters. The molecule has 6 nitrogen and oxygen atoms in total. The van der Waals surface area contributed by atoms with Gasteiger partial charge in [0.05, 0.1) is 38.2 Å². The number of nitrogens with one attached hydrogen (secondary N) is 1. The molecule has 0 amide bonds. The lowest BCUT2D eigenvalue weighted by atomic mass is 10.3. The molecule has 1 aliphatic heterocycles. The Morgan fingerprint density at radius 2 is 1.74 bits per heavy atom. The van der Waals surface area contributed by atoms with Crippen LogP contribution in [0.1, 0.15) is 0 Å². The second kappa shape index (κ2) is 8.69. The van der Waals surface area contributed by atoms with Gasteiger partial charge >= 0.3 is 0 Å². The molecule has 3 rings (SSSR count). The van der Waals surface area contributed by atoms with Crippen molar-refractivity contribution >= 4 is 10.0 Å². The summed E-state index contributed by atoms with van der Waals surface area (Å²) in [6.45, 7) is 3.56. The highest BCUT2D eigenvalue weighted by molar-refractivity contribution is 7.89. The number of hydrogen-bond donors (Lipinski definition) is 1. The largest absolute Gasteiger partial charge is 0.497 e. The predicted molar refractivity (Wildman–Crippen MR) is 99.2 cm³/mol. The number of piperazine rings is 1. The number of halogens is 1. The summed E-state index contributed by atoms with van der Waals surface area (Å²) in [5.74, 6) is 1.02. The third-order valence-corrected chi connectivity index (χ3v) is 6.54. The lowest BCUT2D eigenvalue weighted by Gasteiger charge is -2.31. The summed E-state index contributed by atoms with van der Waals surface area (Å²) in [5.41, 5.74) is 0. The first-order valence-electron chi connectivity index (χ1n) is 8.85. The maximum absolute atomic E-state index is 13.3. The van der Waals surface area contributed by atoms with Gasteiger partial charge in [0, 0.05) is 0 Å². The summed E-state index contributed by atoms with van der Waals surface area (Å²) in [7, 11) is -2.02. The zero-order chi connectivity index (χ0) is 19.3. The summed E-state index contributed by atoms with van der Waals surface area (Å²) in [6.07, 6.45) is 0. The lowest BCUT2D eigenvalue weighted by Crippen LogP contribution is -3.15. The zero-order valence-electron chi connectivity index (χ0n) is 15.2.